The first-order valence-electron chi connectivity index (χ1n) is 3.64. The Labute approximate surface area is 68.6 Å². The predicted octanol–water partition coefficient (Wildman–Crippen LogP) is 2.82. The van der Waals surface area contributed by atoms with Crippen LogP contribution in [0, 0.1) is 6.66 Å². The Hall–Kier alpha value is 0.150. The van der Waals surface area contributed by atoms with E-state index in [0.717, 1.165) is 0 Å². The Kier molecular flexibility index (Phi) is 4.30. The topological polar surface area (TPSA) is 35.5 Å². The molecule has 0 unspecified atom stereocenters. The van der Waals surface area contributed by atoms with Gasteiger partial charge in [0.15, 0.2) is 0 Å². The highest BCUT2D eigenvalue weighted by atomic mass is 31.2. The van der Waals surface area contributed by atoms with Crippen molar-refractivity contribution in [2.75, 3.05) is 0 Å². The van der Waals surface area contributed by atoms with E-state index in [1.165, 1.54) is 0 Å². The lowest BCUT2D eigenvalue weighted by atomic mass is 10.5. The minimum atomic E-state index is -3.05. The van der Waals surface area contributed by atoms with Crippen molar-refractivity contribution in [1.82, 2.24) is 0 Å². The van der Waals surface area contributed by atoms with Gasteiger partial charge in [-0.3, -0.25) is 4.57 Å². The molecular weight excluding hydrogens is 163 g/mol. The quantitative estimate of drug-likeness (QED) is 0.622. The van der Waals surface area contributed by atoms with Crippen LogP contribution in [-0.2, 0) is 13.6 Å². The van der Waals surface area contributed by atoms with Gasteiger partial charge >= 0.3 is 7.60 Å². The van der Waals surface area contributed by atoms with E-state index in [0.29, 0.717) is 0 Å². The minimum absolute atomic E-state index is 0.114. The summed E-state index contributed by atoms with van der Waals surface area (Å²) in [5.74, 6) is 0. The molecule has 0 amide bonds. The summed E-state index contributed by atoms with van der Waals surface area (Å²) in [6, 6.07) is 0. The number of rotatable bonds is 4. The van der Waals surface area contributed by atoms with Gasteiger partial charge in [0.05, 0.1) is 18.9 Å². The fourth-order valence-corrected chi connectivity index (χ4v) is 2.00. The van der Waals surface area contributed by atoms with Crippen molar-refractivity contribution in [1.29, 1.82) is 0 Å². The SMILES string of the molecule is [CH2]P(=O)(OC(C)C)OC(C)C. The van der Waals surface area contributed by atoms with E-state index in [9.17, 15) is 4.57 Å². The van der Waals surface area contributed by atoms with E-state index in [4.69, 9.17) is 9.05 Å². The van der Waals surface area contributed by atoms with Gasteiger partial charge in [-0.25, -0.2) is 0 Å². The molecule has 0 aliphatic heterocycles. The zero-order valence-electron chi connectivity index (χ0n) is 7.53. The van der Waals surface area contributed by atoms with Gasteiger partial charge < -0.3 is 9.05 Å². The molecule has 0 spiro atoms. The summed E-state index contributed by atoms with van der Waals surface area (Å²) in [5, 5.41) is 0. The van der Waals surface area contributed by atoms with E-state index >= 15 is 0 Å². The van der Waals surface area contributed by atoms with Crippen molar-refractivity contribution in [2.45, 2.75) is 39.9 Å². The highest BCUT2D eigenvalue weighted by Crippen LogP contribution is 2.48. The molecule has 3 nitrogen and oxygen atoms in total. The molecule has 1 radical (unpaired) electrons. The Bertz CT molecular complexity index is 140. The van der Waals surface area contributed by atoms with Gasteiger partial charge in [-0.2, -0.15) is 0 Å². The van der Waals surface area contributed by atoms with E-state index in [1.54, 1.807) is 27.7 Å². The van der Waals surface area contributed by atoms with Gasteiger partial charge in [-0.1, -0.05) is 0 Å². The summed E-state index contributed by atoms with van der Waals surface area (Å²) < 4.78 is 21.2. The van der Waals surface area contributed by atoms with Crippen molar-refractivity contribution in [3.63, 3.8) is 0 Å². The molecule has 0 heterocycles. The summed E-state index contributed by atoms with van der Waals surface area (Å²) in [7, 11) is -3.05. The van der Waals surface area contributed by atoms with Crippen molar-refractivity contribution < 1.29 is 13.6 Å². The Morgan fingerprint density at radius 1 is 1.09 bits per heavy atom. The predicted molar refractivity (Wildman–Crippen MR) is 45.4 cm³/mol. The third kappa shape index (κ3) is 6.54. The maximum atomic E-state index is 11.3. The first-order chi connectivity index (χ1) is 4.83. The highest BCUT2D eigenvalue weighted by molar-refractivity contribution is 7.55. The summed E-state index contributed by atoms with van der Waals surface area (Å²) in [6.07, 6.45) is -0.228. The van der Waals surface area contributed by atoms with Gasteiger partial charge in [0, 0.05) is 0 Å². The van der Waals surface area contributed by atoms with Crippen molar-refractivity contribution in [3.05, 3.63) is 6.66 Å². The third-order valence-corrected chi connectivity index (χ3v) is 2.23. The maximum Gasteiger partial charge on any atom is 0.331 e. The maximum absolute atomic E-state index is 11.3. The molecule has 0 aromatic carbocycles. The normalized spacial score (nSPS) is 13.0. The van der Waals surface area contributed by atoms with Gasteiger partial charge in [-0.15, -0.1) is 0 Å². The van der Waals surface area contributed by atoms with E-state index < -0.39 is 7.60 Å². The Balaban J connectivity index is 3.91. The molecule has 0 bridgehead atoms. The van der Waals surface area contributed by atoms with Crippen LogP contribution in [0.1, 0.15) is 27.7 Å². The molecule has 0 rings (SSSR count). The Morgan fingerprint density at radius 3 is 1.55 bits per heavy atom. The van der Waals surface area contributed by atoms with Gasteiger partial charge in [0.2, 0.25) is 0 Å². The molecule has 0 aromatic heterocycles. The largest absolute Gasteiger partial charge is 0.331 e. The number of hydrogen-bond acceptors (Lipinski definition) is 3. The van der Waals surface area contributed by atoms with Crippen LogP contribution in [0.5, 0.6) is 0 Å². The van der Waals surface area contributed by atoms with Crippen LogP contribution in [0.4, 0.5) is 0 Å². The molecule has 0 saturated carbocycles. The molecule has 0 N–H and O–H groups in total. The van der Waals surface area contributed by atoms with Gasteiger partial charge in [0.25, 0.3) is 0 Å². The van der Waals surface area contributed by atoms with Gasteiger partial charge in [-0.05, 0) is 27.7 Å². The van der Waals surface area contributed by atoms with Crippen LogP contribution < -0.4 is 0 Å². The molecule has 0 atom stereocenters. The molecule has 4 heteroatoms. The van der Waals surface area contributed by atoms with Crippen LogP contribution >= 0.6 is 7.60 Å². The first kappa shape index (κ1) is 11.2. The van der Waals surface area contributed by atoms with Crippen LogP contribution in [0.15, 0.2) is 0 Å². The summed E-state index contributed by atoms with van der Waals surface area (Å²) in [6.45, 7) is 10.5. The fraction of sp³-hybridized carbons (Fsp3) is 0.857. The molecule has 11 heavy (non-hydrogen) atoms. The average molecular weight is 179 g/mol. The number of hydrogen-bond donors (Lipinski definition) is 0. The van der Waals surface area contributed by atoms with Crippen molar-refractivity contribution in [2.24, 2.45) is 0 Å². The van der Waals surface area contributed by atoms with Crippen LogP contribution in [-0.4, -0.2) is 12.2 Å². The third-order valence-electron chi connectivity index (χ3n) is 0.743. The van der Waals surface area contributed by atoms with Crippen LogP contribution in [0.3, 0.4) is 0 Å². The van der Waals surface area contributed by atoms with Crippen molar-refractivity contribution >= 4 is 7.60 Å². The zero-order valence-corrected chi connectivity index (χ0v) is 8.43. The molecular formula is C7H16O3P. The first-order valence-corrected chi connectivity index (χ1v) is 5.37. The van der Waals surface area contributed by atoms with Gasteiger partial charge in [0.1, 0.15) is 0 Å². The van der Waals surface area contributed by atoms with Crippen molar-refractivity contribution in [3.8, 4) is 0 Å². The van der Waals surface area contributed by atoms with E-state index in [-0.39, 0.29) is 12.2 Å². The Morgan fingerprint density at radius 2 is 1.36 bits per heavy atom. The highest BCUT2D eigenvalue weighted by Gasteiger charge is 2.20. The smallest absolute Gasteiger partial charge is 0.306 e. The summed E-state index contributed by atoms with van der Waals surface area (Å²) >= 11 is 0. The van der Waals surface area contributed by atoms with E-state index in [2.05, 4.69) is 6.66 Å². The zero-order chi connectivity index (χ0) is 9.07. The van der Waals surface area contributed by atoms with E-state index in [1.807, 2.05) is 0 Å². The molecule has 0 aliphatic rings. The summed E-state index contributed by atoms with van der Waals surface area (Å²) in [5.41, 5.74) is 0. The lowest BCUT2D eigenvalue weighted by Gasteiger charge is -2.18. The minimum Gasteiger partial charge on any atom is -0.306 e. The second-order valence-corrected chi connectivity index (χ2v) is 4.56. The molecule has 0 aromatic rings. The summed E-state index contributed by atoms with van der Waals surface area (Å²) in [4.78, 5) is 0. The second kappa shape index (κ2) is 4.24. The molecule has 67 valence electrons. The van der Waals surface area contributed by atoms with Crippen LogP contribution in [0.25, 0.3) is 0 Å². The molecule has 0 aliphatic carbocycles. The molecule has 0 fully saturated rings. The van der Waals surface area contributed by atoms with Crippen LogP contribution in [0.2, 0.25) is 0 Å². The molecule has 0 saturated heterocycles. The standard InChI is InChI=1S/C7H16O3P/c1-6(2)9-11(5,8)10-7(3)4/h6-7H,5H2,1-4H3. The fourth-order valence-electron chi connectivity index (χ4n) is 0.667. The average Bonchev–Trinajstić information content (AvgIpc) is 1.53. The lowest BCUT2D eigenvalue weighted by molar-refractivity contribution is 0.149. The monoisotopic (exact) mass is 179 g/mol. The second-order valence-electron chi connectivity index (χ2n) is 2.92. The lowest BCUT2D eigenvalue weighted by Crippen LogP contribution is -2.05.